The fraction of sp³-hybridized carbons (Fsp3) is 0.379. The van der Waals surface area contributed by atoms with Crippen LogP contribution in [0.5, 0.6) is 5.75 Å². The largest absolute Gasteiger partial charge is 0.497 e. The van der Waals surface area contributed by atoms with Crippen molar-refractivity contribution in [3.05, 3.63) is 87.6 Å². The molecule has 0 bridgehead atoms. The average molecular weight is 507 g/mol. The van der Waals surface area contributed by atoms with E-state index in [1.165, 1.54) is 10.4 Å². The van der Waals surface area contributed by atoms with Crippen LogP contribution in [0.2, 0.25) is 0 Å². The van der Waals surface area contributed by atoms with Crippen LogP contribution in [0, 0.1) is 0 Å². The van der Waals surface area contributed by atoms with Crippen LogP contribution in [0.1, 0.15) is 47.4 Å². The molecule has 1 aliphatic heterocycles. The quantitative estimate of drug-likeness (QED) is 0.364. The number of unbranched alkanes of at least 4 members (excludes halogenated alkanes) is 1. The molecule has 36 heavy (non-hydrogen) atoms. The summed E-state index contributed by atoms with van der Waals surface area (Å²) in [6.45, 7) is 3.64. The molecule has 2 aromatic carbocycles. The van der Waals surface area contributed by atoms with Gasteiger partial charge in [0.15, 0.2) is 0 Å². The van der Waals surface area contributed by atoms with Gasteiger partial charge in [-0.15, -0.1) is 11.3 Å². The van der Waals surface area contributed by atoms with E-state index in [9.17, 15) is 9.59 Å². The molecule has 0 spiro atoms. The number of fused-ring (bicyclic) bond motifs is 1. The molecule has 0 fully saturated rings. The minimum Gasteiger partial charge on any atom is -0.497 e. The molecule has 0 N–H and O–H groups in total. The molecular weight excluding hydrogens is 472 g/mol. The van der Waals surface area contributed by atoms with Crippen molar-refractivity contribution in [1.29, 1.82) is 0 Å². The fourth-order valence-corrected chi connectivity index (χ4v) is 5.45. The van der Waals surface area contributed by atoms with Crippen molar-refractivity contribution < 1.29 is 19.1 Å². The standard InChI is InChI=1S/C29H34N2O4S/c1-3-4-16-30(28(33)21-35-20-22-8-6-5-7-9-22)19-27(32)31-17-14-26-25(15-18-36-26)29(31)23-10-12-24(34-2)13-11-23/h5-13,15,18,29H,3-4,14,16-17,19-21H2,1-2H3. The SMILES string of the molecule is CCCCN(CC(=O)N1CCc2sccc2C1c1ccc(OC)cc1)C(=O)COCc1ccccc1. The van der Waals surface area contributed by atoms with Crippen LogP contribution in [0.4, 0.5) is 0 Å². The van der Waals surface area contributed by atoms with E-state index < -0.39 is 0 Å². The third-order valence-electron chi connectivity index (χ3n) is 6.52. The zero-order chi connectivity index (χ0) is 25.3. The molecule has 2 heterocycles. The number of carbonyl (C=O) groups excluding carboxylic acids is 2. The highest BCUT2D eigenvalue weighted by molar-refractivity contribution is 7.10. The normalized spacial score (nSPS) is 14.8. The van der Waals surface area contributed by atoms with Gasteiger partial charge in [-0.3, -0.25) is 9.59 Å². The van der Waals surface area contributed by atoms with Gasteiger partial charge in [-0.25, -0.2) is 0 Å². The number of benzene rings is 2. The van der Waals surface area contributed by atoms with Crippen LogP contribution >= 0.6 is 11.3 Å². The zero-order valence-corrected chi connectivity index (χ0v) is 21.8. The van der Waals surface area contributed by atoms with E-state index in [1.54, 1.807) is 23.3 Å². The van der Waals surface area contributed by atoms with Crippen molar-refractivity contribution in [3.8, 4) is 5.75 Å². The number of nitrogens with zero attached hydrogens (tertiary/aromatic N) is 2. The third kappa shape index (κ3) is 6.33. The van der Waals surface area contributed by atoms with Gasteiger partial charge in [0.1, 0.15) is 12.4 Å². The van der Waals surface area contributed by atoms with Crippen LogP contribution < -0.4 is 4.74 Å². The molecule has 1 unspecified atom stereocenters. The monoisotopic (exact) mass is 506 g/mol. The Hall–Kier alpha value is -3.16. The van der Waals surface area contributed by atoms with Crippen molar-refractivity contribution in [2.75, 3.05) is 33.4 Å². The van der Waals surface area contributed by atoms with Crippen molar-refractivity contribution in [2.45, 2.75) is 38.8 Å². The molecule has 7 heteroatoms. The summed E-state index contributed by atoms with van der Waals surface area (Å²) in [4.78, 5) is 31.6. The Labute approximate surface area is 217 Å². The number of thiophene rings is 1. The summed E-state index contributed by atoms with van der Waals surface area (Å²) in [6, 6.07) is 19.6. The molecule has 2 amide bonds. The summed E-state index contributed by atoms with van der Waals surface area (Å²) in [5.41, 5.74) is 3.23. The minimum atomic E-state index is -0.170. The number of hydrogen-bond acceptors (Lipinski definition) is 5. The highest BCUT2D eigenvalue weighted by Crippen LogP contribution is 2.38. The molecule has 190 valence electrons. The van der Waals surface area contributed by atoms with Crippen LogP contribution in [0.3, 0.4) is 0 Å². The number of hydrogen-bond donors (Lipinski definition) is 0. The van der Waals surface area contributed by atoms with Gasteiger partial charge in [-0.05, 0) is 53.1 Å². The van der Waals surface area contributed by atoms with E-state index in [-0.39, 0.29) is 31.0 Å². The number of ether oxygens (including phenoxy) is 2. The van der Waals surface area contributed by atoms with Gasteiger partial charge in [0.05, 0.1) is 26.3 Å². The van der Waals surface area contributed by atoms with Crippen molar-refractivity contribution >= 4 is 23.2 Å². The van der Waals surface area contributed by atoms with Gasteiger partial charge in [-0.1, -0.05) is 55.8 Å². The molecule has 3 aromatic rings. The lowest BCUT2D eigenvalue weighted by Crippen LogP contribution is -2.47. The predicted octanol–water partition coefficient (Wildman–Crippen LogP) is 5.08. The maximum absolute atomic E-state index is 13.7. The Morgan fingerprint density at radius 1 is 1.08 bits per heavy atom. The van der Waals surface area contributed by atoms with Crippen LogP contribution in [0.25, 0.3) is 0 Å². The summed E-state index contributed by atoms with van der Waals surface area (Å²) in [5.74, 6) is 0.590. The van der Waals surface area contributed by atoms with Gasteiger partial charge < -0.3 is 19.3 Å². The lowest BCUT2D eigenvalue weighted by molar-refractivity contribution is -0.144. The summed E-state index contributed by atoms with van der Waals surface area (Å²) < 4.78 is 11.0. The van der Waals surface area contributed by atoms with Crippen molar-refractivity contribution in [3.63, 3.8) is 0 Å². The van der Waals surface area contributed by atoms with Gasteiger partial charge in [0, 0.05) is 18.0 Å². The van der Waals surface area contributed by atoms with Crippen molar-refractivity contribution in [2.24, 2.45) is 0 Å². The third-order valence-corrected chi connectivity index (χ3v) is 7.51. The van der Waals surface area contributed by atoms with E-state index in [0.29, 0.717) is 19.7 Å². The Balaban J connectivity index is 1.47. The lowest BCUT2D eigenvalue weighted by Gasteiger charge is -2.37. The first-order valence-electron chi connectivity index (χ1n) is 12.5. The van der Waals surface area contributed by atoms with Gasteiger partial charge in [0.25, 0.3) is 0 Å². The first-order valence-corrected chi connectivity index (χ1v) is 13.4. The molecule has 1 atom stereocenters. The van der Waals surface area contributed by atoms with E-state index in [4.69, 9.17) is 9.47 Å². The molecule has 0 aliphatic carbocycles. The molecular formula is C29H34N2O4S. The highest BCUT2D eigenvalue weighted by atomic mass is 32.1. The number of carbonyl (C=O) groups is 2. The molecule has 1 aliphatic rings. The van der Waals surface area contributed by atoms with Gasteiger partial charge in [0.2, 0.25) is 11.8 Å². The molecule has 4 rings (SSSR count). The molecule has 0 saturated heterocycles. The average Bonchev–Trinajstić information content (AvgIpc) is 3.40. The van der Waals surface area contributed by atoms with Gasteiger partial charge in [-0.2, -0.15) is 0 Å². The van der Waals surface area contributed by atoms with E-state index in [1.807, 2.05) is 59.5 Å². The number of rotatable bonds is 11. The predicted molar refractivity (Wildman–Crippen MR) is 142 cm³/mol. The second kappa shape index (κ2) is 12.7. The maximum Gasteiger partial charge on any atom is 0.249 e. The smallest absolute Gasteiger partial charge is 0.249 e. The van der Waals surface area contributed by atoms with Crippen molar-refractivity contribution in [1.82, 2.24) is 9.80 Å². The maximum atomic E-state index is 13.7. The second-order valence-electron chi connectivity index (χ2n) is 8.96. The molecule has 0 radical (unpaired) electrons. The summed E-state index contributed by atoms with van der Waals surface area (Å²) in [6.07, 6.45) is 2.61. The topological polar surface area (TPSA) is 59.1 Å². The lowest BCUT2D eigenvalue weighted by atomic mass is 9.93. The molecule has 0 saturated carbocycles. The van der Waals surface area contributed by atoms with Gasteiger partial charge >= 0.3 is 0 Å². The fourth-order valence-electron chi connectivity index (χ4n) is 4.55. The van der Waals surface area contributed by atoms with Crippen LogP contribution in [0.15, 0.2) is 66.0 Å². The van der Waals surface area contributed by atoms with Crippen LogP contribution in [-0.4, -0.2) is 55.0 Å². The Morgan fingerprint density at radius 2 is 1.86 bits per heavy atom. The Kier molecular flexibility index (Phi) is 9.14. The van der Waals surface area contributed by atoms with E-state index in [0.717, 1.165) is 36.1 Å². The summed E-state index contributed by atoms with van der Waals surface area (Å²) in [7, 11) is 1.65. The second-order valence-corrected chi connectivity index (χ2v) is 9.96. The van der Waals surface area contributed by atoms with Crippen LogP contribution in [-0.2, 0) is 27.4 Å². The first kappa shape index (κ1) is 25.9. The summed E-state index contributed by atoms with van der Waals surface area (Å²) in [5, 5.41) is 2.09. The van der Waals surface area contributed by atoms with E-state index in [2.05, 4.69) is 18.4 Å². The Bertz CT molecular complexity index is 1130. The Morgan fingerprint density at radius 3 is 2.58 bits per heavy atom. The highest BCUT2D eigenvalue weighted by Gasteiger charge is 2.34. The number of methoxy groups -OCH3 is 1. The molecule has 1 aromatic heterocycles. The first-order chi connectivity index (χ1) is 17.6. The molecule has 6 nitrogen and oxygen atoms in total. The zero-order valence-electron chi connectivity index (χ0n) is 21.0. The number of amides is 2. The van der Waals surface area contributed by atoms with E-state index >= 15 is 0 Å². The summed E-state index contributed by atoms with van der Waals surface area (Å²) >= 11 is 1.74. The minimum absolute atomic E-state index is 0.0392.